The Bertz CT molecular complexity index is 438. The summed E-state index contributed by atoms with van der Waals surface area (Å²) in [5.74, 6) is 1.32. The number of dihydropyridines is 1. The molecule has 3 fully saturated rings. The highest BCUT2D eigenvalue weighted by molar-refractivity contribution is 5.24. The highest BCUT2D eigenvalue weighted by Gasteiger charge is 2.37. The minimum absolute atomic E-state index is 0.252. The molecule has 0 aromatic heterocycles. The van der Waals surface area contributed by atoms with Crippen molar-refractivity contribution in [3.8, 4) is 0 Å². The fourth-order valence-electron chi connectivity index (χ4n) is 4.46. The lowest BCUT2D eigenvalue weighted by Crippen LogP contribution is -2.73. The van der Waals surface area contributed by atoms with Gasteiger partial charge >= 0.3 is 0 Å². The van der Waals surface area contributed by atoms with Crippen molar-refractivity contribution in [2.45, 2.75) is 44.2 Å². The van der Waals surface area contributed by atoms with Gasteiger partial charge in [0.05, 0.1) is 18.5 Å². The van der Waals surface area contributed by atoms with Crippen LogP contribution in [-0.2, 0) is 0 Å². The van der Waals surface area contributed by atoms with Crippen LogP contribution in [0.2, 0.25) is 0 Å². The Hall–Kier alpha value is -0.920. The normalized spacial score (nSPS) is 40.7. The fraction of sp³-hybridized carbons (Fsp3) is 0.778. The summed E-state index contributed by atoms with van der Waals surface area (Å²) in [5, 5.41) is 22.1. The van der Waals surface area contributed by atoms with Gasteiger partial charge in [0.1, 0.15) is 0 Å². The first kappa shape index (κ1) is 16.5. The molecule has 0 radical (unpaired) electrons. The first-order chi connectivity index (χ1) is 11.9. The summed E-state index contributed by atoms with van der Waals surface area (Å²) >= 11 is 0. The van der Waals surface area contributed by atoms with Gasteiger partial charge in [0.2, 0.25) is 0 Å². The van der Waals surface area contributed by atoms with Crippen molar-refractivity contribution in [3.63, 3.8) is 0 Å². The summed E-state index contributed by atoms with van der Waals surface area (Å²) < 4.78 is 0. The molecule has 4 unspecified atom stereocenters. The second-order valence-electron chi connectivity index (χ2n) is 7.58. The fourth-order valence-corrected chi connectivity index (χ4v) is 4.46. The Kier molecular flexibility index (Phi) is 5.50. The molecular formula is C18H32N6. The predicted molar refractivity (Wildman–Crippen MR) is 97.2 cm³/mol. The molecule has 4 rings (SSSR count). The van der Waals surface area contributed by atoms with E-state index in [2.05, 4.69) is 44.1 Å². The lowest BCUT2D eigenvalue weighted by atomic mass is 9.90. The zero-order valence-corrected chi connectivity index (χ0v) is 14.5. The van der Waals surface area contributed by atoms with Gasteiger partial charge in [-0.3, -0.25) is 16.0 Å². The van der Waals surface area contributed by atoms with Crippen molar-refractivity contribution >= 4 is 0 Å². The maximum absolute atomic E-state index is 3.89. The quantitative estimate of drug-likeness (QED) is 0.430. The van der Waals surface area contributed by atoms with Gasteiger partial charge in [0.15, 0.2) is 0 Å². The molecule has 0 bridgehead atoms. The molecular weight excluding hydrogens is 300 g/mol. The van der Waals surface area contributed by atoms with Crippen molar-refractivity contribution in [2.75, 3.05) is 32.7 Å². The van der Waals surface area contributed by atoms with Gasteiger partial charge < -0.3 is 16.0 Å². The Labute approximate surface area is 145 Å². The predicted octanol–water partition coefficient (Wildman–Crippen LogP) is -0.210. The van der Waals surface area contributed by atoms with E-state index in [0.29, 0.717) is 24.2 Å². The van der Waals surface area contributed by atoms with E-state index in [1.54, 1.807) is 0 Å². The minimum atomic E-state index is 0.252. The molecule has 6 N–H and O–H groups in total. The lowest BCUT2D eigenvalue weighted by molar-refractivity contribution is 0.109. The Morgan fingerprint density at radius 1 is 0.833 bits per heavy atom. The van der Waals surface area contributed by atoms with Crippen LogP contribution in [0.3, 0.4) is 0 Å². The molecule has 0 spiro atoms. The standard InChI is InChI=1S/C18H32N6/c1-4-13(10-19-7-1)16-22-17(14-5-2-8-20-11-14)24-18(23-16)15-6-3-9-21-12-15/h1,4,7,14-24H,2-3,5-6,8-12H2. The number of hydrogen-bond acceptors (Lipinski definition) is 6. The average molecular weight is 332 g/mol. The third-order valence-corrected chi connectivity index (χ3v) is 5.87. The molecule has 3 saturated heterocycles. The van der Waals surface area contributed by atoms with E-state index in [-0.39, 0.29) is 6.17 Å². The topological polar surface area (TPSA) is 72.2 Å². The van der Waals surface area contributed by atoms with Crippen LogP contribution in [0.25, 0.3) is 0 Å². The van der Waals surface area contributed by atoms with Crippen LogP contribution in [0, 0.1) is 11.8 Å². The SMILES string of the molecule is C1=CNCC(C2NC(C3CCCNC3)NC(C3CCCNC3)N2)=C1. The second-order valence-corrected chi connectivity index (χ2v) is 7.58. The van der Waals surface area contributed by atoms with Gasteiger partial charge in [0, 0.05) is 19.6 Å². The molecule has 0 aromatic rings. The summed E-state index contributed by atoms with van der Waals surface area (Å²) in [5.41, 5.74) is 1.40. The Morgan fingerprint density at radius 2 is 1.50 bits per heavy atom. The van der Waals surface area contributed by atoms with Crippen LogP contribution < -0.4 is 31.9 Å². The molecule has 4 aliphatic heterocycles. The van der Waals surface area contributed by atoms with Crippen molar-refractivity contribution in [3.05, 3.63) is 23.9 Å². The van der Waals surface area contributed by atoms with Crippen molar-refractivity contribution in [1.82, 2.24) is 31.9 Å². The van der Waals surface area contributed by atoms with E-state index in [1.807, 2.05) is 6.20 Å². The summed E-state index contributed by atoms with van der Waals surface area (Å²) in [4.78, 5) is 0. The largest absolute Gasteiger partial charge is 0.387 e. The van der Waals surface area contributed by atoms with Crippen LogP contribution in [0.15, 0.2) is 23.9 Å². The zero-order valence-electron chi connectivity index (χ0n) is 14.5. The molecule has 24 heavy (non-hydrogen) atoms. The zero-order chi connectivity index (χ0) is 16.2. The minimum Gasteiger partial charge on any atom is -0.387 e. The second kappa shape index (κ2) is 7.97. The highest BCUT2D eigenvalue weighted by atomic mass is 15.4. The lowest BCUT2D eigenvalue weighted by Gasteiger charge is -2.47. The third kappa shape index (κ3) is 3.83. The number of nitrogens with one attached hydrogen (secondary N) is 6. The van der Waals surface area contributed by atoms with E-state index >= 15 is 0 Å². The summed E-state index contributed by atoms with van der Waals surface area (Å²) in [7, 11) is 0. The van der Waals surface area contributed by atoms with Crippen LogP contribution in [-0.4, -0.2) is 51.2 Å². The molecule has 4 aliphatic rings. The number of allylic oxidation sites excluding steroid dienone is 2. The van der Waals surface area contributed by atoms with Crippen molar-refractivity contribution in [2.24, 2.45) is 11.8 Å². The van der Waals surface area contributed by atoms with Gasteiger partial charge in [-0.25, -0.2) is 0 Å². The van der Waals surface area contributed by atoms with Crippen LogP contribution >= 0.6 is 0 Å². The molecule has 6 nitrogen and oxygen atoms in total. The van der Waals surface area contributed by atoms with E-state index in [4.69, 9.17) is 0 Å². The van der Waals surface area contributed by atoms with E-state index in [9.17, 15) is 0 Å². The number of hydrogen-bond donors (Lipinski definition) is 6. The van der Waals surface area contributed by atoms with Gasteiger partial charge in [-0.1, -0.05) is 6.08 Å². The van der Waals surface area contributed by atoms with Crippen LogP contribution in [0.5, 0.6) is 0 Å². The van der Waals surface area contributed by atoms with Crippen molar-refractivity contribution in [1.29, 1.82) is 0 Å². The molecule has 0 amide bonds. The van der Waals surface area contributed by atoms with Gasteiger partial charge in [-0.15, -0.1) is 0 Å². The maximum atomic E-state index is 3.89. The first-order valence-corrected chi connectivity index (χ1v) is 9.69. The summed E-state index contributed by atoms with van der Waals surface area (Å²) in [6.07, 6.45) is 12.6. The van der Waals surface area contributed by atoms with E-state index < -0.39 is 0 Å². The highest BCUT2D eigenvalue weighted by Crippen LogP contribution is 2.22. The first-order valence-electron chi connectivity index (χ1n) is 9.69. The Morgan fingerprint density at radius 3 is 2.00 bits per heavy atom. The van der Waals surface area contributed by atoms with Crippen molar-refractivity contribution < 1.29 is 0 Å². The maximum Gasteiger partial charge on any atom is 0.0838 e. The smallest absolute Gasteiger partial charge is 0.0838 e. The van der Waals surface area contributed by atoms with E-state index in [1.165, 1.54) is 44.3 Å². The van der Waals surface area contributed by atoms with Crippen LogP contribution in [0.4, 0.5) is 0 Å². The molecule has 0 aromatic carbocycles. The van der Waals surface area contributed by atoms with Gasteiger partial charge in [0.25, 0.3) is 0 Å². The third-order valence-electron chi connectivity index (χ3n) is 5.87. The molecule has 134 valence electrons. The molecule has 4 heterocycles. The van der Waals surface area contributed by atoms with E-state index in [0.717, 1.165) is 19.6 Å². The van der Waals surface area contributed by atoms with Gasteiger partial charge in [-0.05, 0) is 68.5 Å². The average Bonchev–Trinajstić information content (AvgIpc) is 2.70. The van der Waals surface area contributed by atoms with Gasteiger partial charge in [-0.2, -0.15) is 0 Å². The summed E-state index contributed by atoms with van der Waals surface area (Å²) in [6, 6.07) is 0. The Balaban J connectivity index is 1.48. The molecule has 4 atom stereocenters. The number of piperidine rings is 2. The molecule has 0 saturated carbocycles. The monoisotopic (exact) mass is 332 g/mol. The van der Waals surface area contributed by atoms with Crippen LogP contribution in [0.1, 0.15) is 25.7 Å². The number of rotatable bonds is 3. The summed E-state index contributed by atoms with van der Waals surface area (Å²) in [6.45, 7) is 5.49. The molecule has 0 aliphatic carbocycles. The molecule has 6 heteroatoms.